The third-order valence-electron chi connectivity index (χ3n) is 2.10. The maximum absolute atomic E-state index is 11.7. The van der Waals surface area contributed by atoms with E-state index in [2.05, 4.69) is 5.32 Å². The summed E-state index contributed by atoms with van der Waals surface area (Å²) in [6.45, 7) is 3.11. The zero-order chi connectivity index (χ0) is 12.7. The van der Waals surface area contributed by atoms with Gasteiger partial charge in [0.2, 0.25) is 0 Å². The van der Waals surface area contributed by atoms with Crippen molar-refractivity contribution >= 4 is 11.9 Å². The second kappa shape index (κ2) is 6.70. The van der Waals surface area contributed by atoms with Gasteiger partial charge in [0.1, 0.15) is 12.2 Å². The van der Waals surface area contributed by atoms with Crippen LogP contribution in [0.15, 0.2) is 18.3 Å². The van der Waals surface area contributed by atoms with E-state index in [0.717, 1.165) is 0 Å². The monoisotopic (exact) mass is 240 g/mol. The van der Waals surface area contributed by atoms with Gasteiger partial charge in [0.05, 0.1) is 6.61 Å². The van der Waals surface area contributed by atoms with Gasteiger partial charge in [-0.1, -0.05) is 0 Å². The summed E-state index contributed by atoms with van der Waals surface area (Å²) in [6.07, 6.45) is 1.56. The minimum Gasteiger partial charge on any atom is -0.480 e. The Kier molecular flexibility index (Phi) is 5.22. The van der Waals surface area contributed by atoms with Crippen LogP contribution in [0.1, 0.15) is 17.4 Å². The summed E-state index contributed by atoms with van der Waals surface area (Å²) in [5, 5.41) is 11.3. The van der Waals surface area contributed by atoms with Crippen LogP contribution in [0.4, 0.5) is 0 Å². The molecule has 0 fully saturated rings. The number of carboxylic acid groups (broad SMARTS) is 1. The number of aromatic nitrogens is 1. The van der Waals surface area contributed by atoms with Crippen LogP contribution in [0.3, 0.4) is 0 Å². The van der Waals surface area contributed by atoms with E-state index in [-0.39, 0.29) is 12.5 Å². The molecule has 94 valence electrons. The summed E-state index contributed by atoms with van der Waals surface area (Å²) in [7, 11) is 0. The maximum Gasteiger partial charge on any atom is 0.323 e. The highest BCUT2D eigenvalue weighted by atomic mass is 16.5. The van der Waals surface area contributed by atoms with Crippen molar-refractivity contribution in [3.63, 3.8) is 0 Å². The SMILES string of the molecule is CCOCCNC(=O)c1cccn1CC(=O)O. The standard InChI is InChI=1S/C11H16N2O4/c1-2-17-7-5-12-11(16)9-4-3-6-13(9)8-10(14)15/h3-4,6H,2,5,7-8H2,1H3,(H,12,16)(H,14,15). The quantitative estimate of drug-likeness (QED) is 0.673. The van der Waals surface area contributed by atoms with Gasteiger partial charge in [-0.2, -0.15) is 0 Å². The first-order chi connectivity index (χ1) is 8.15. The Morgan fingerprint density at radius 2 is 2.29 bits per heavy atom. The molecule has 1 aromatic rings. The summed E-state index contributed by atoms with van der Waals surface area (Å²) in [4.78, 5) is 22.3. The number of hydrogen-bond acceptors (Lipinski definition) is 3. The van der Waals surface area contributed by atoms with Gasteiger partial charge in [0, 0.05) is 19.3 Å². The van der Waals surface area contributed by atoms with Crippen molar-refractivity contribution in [2.24, 2.45) is 0 Å². The highest BCUT2D eigenvalue weighted by Crippen LogP contribution is 2.02. The van der Waals surface area contributed by atoms with Crippen LogP contribution >= 0.6 is 0 Å². The van der Waals surface area contributed by atoms with Gasteiger partial charge in [-0.25, -0.2) is 0 Å². The summed E-state index contributed by atoms with van der Waals surface area (Å²) < 4.78 is 6.47. The molecular formula is C11H16N2O4. The number of carbonyl (C=O) groups is 2. The molecule has 0 spiro atoms. The van der Waals surface area contributed by atoms with E-state index in [1.807, 2.05) is 6.92 Å². The summed E-state index contributed by atoms with van der Waals surface area (Å²) >= 11 is 0. The van der Waals surface area contributed by atoms with E-state index in [0.29, 0.717) is 25.5 Å². The Morgan fingerprint density at radius 3 is 2.94 bits per heavy atom. The second-order valence-corrected chi connectivity index (χ2v) is 3.37. The Labute approximate surface area is 99.2 Å². The van der Waals surface area contributed by atoms with Crippen molar-refractivity contribution < 1.29 is 19.4 Å². The zero-order valence-corrected chi connectivity index (χ0v) is 9.68. The fraction of sp³-hybridized carbons (Fsp3) is 0.455. The molecule has 1 aromatic heterocycles. The normalized spacial score (nSPS) is 10.2. The fourth-order valence-corrected chi connectivity index (χ4v) is 1.38. The van der Waals surface area contributed by atoms with E-state index < -0.39 is 5.97 Å². The van der Waals surface area contributed by atoms with Gasteiger partial charge in [-0.15, -0.1) is 0 Å². The van der Waals surface area contributed by atoms with Gasteiger partial charge >= 0.3 is 5.97 Å². The van der Waals surface area contributed by atoms with Crippen molar-refractivity contribution in [2.75, 3.05) is 19.8 Å². The molecule has 0 radical (unpaired) electrons. The molecule has 0 aliphatic heterocycles. The first-order valence-electron chi connectivity index (χ1n) is 5.38. The Hall–Kier alpha value is -1.82. The van der Waals surface area contributed by atoms with E-state index in [9.17, 15) is 9.59 Å². The lowest BCUT2D eigenvalue weighted by atomic mass is 10.4. The lowest BCUT2D eigenvalue weighted by molar-refractivity contribution is -0.137. The zero-order valence-electron chi connectivity index (χ0n) is 9.68. The average Bonchev–Trinajstić information content (AvgIpc) is 2.71. The smallest absolute Gasteiger partial charge is 0.323 e. The molecule has 1 rings (SSSR count). The third-order valence-corrected chi connectivity index (χ3v) is 2.10. The molecule has 17 heavy (non-hydrogen) atoms. The molecule has 0 saturated heterocycles. The van der Waals surface area contributed by atoms with E-state index in [4.69, 9.17) is 9.84 Å². The number of aliphatic carboxylic acids is 1. The third kappa shape index (κ3) is 4.28. The van der Waals surface area contributed by atoms with Gasteiger partial charge in [0.25, 0.3) is 5.91 Å². The van der Waals surface area contributed by atoms with Crippen LogP contribution in [0.5, 0.6) is 0 Å². The fourth-order valence-electron chi connectivity index (χ4n) is 1.38. The summed E-state index contributed by atoms with van der Waals surface area (Å²) in [5.74, 6) is -1.28. The Morgan fingerprint density at radius 1 is 1.53 bits per heavy atom. The molecule has 2 N–H and O–H groups in total. The number of amides is 1. The van der Waals surface area contributed by atoms with Crippen molar-refractivity contribution in [2.45, 2.75) is 13.5 Å². The highest BCUT2D eigenvalue weighted by Gasteiger charge is 2.11. The molecule has 1 amide bonds. The van der Waals surface area contributed by atoms with Crippen LogP contribution in [-0.2, 0) is 16.1 Å². The molecular weight excluding hydrogens is 224 g/mol. The van der Waals surface area contributed by atoms with Gasteiger partial charge < -0.3 is 19.7 Å². The first kappa shape index (κ1) is 13.2. The molecule has 6 nitrogen and oxygen atoms in total. The van der Waals surface area contributed by atoms with E-state index >= 15 is 0 Å². The summed E-state index contributed by atoms with van der Waals surface area (Å²) in [6, 6.07) is 3.22. The van der Waals surface area contributed by atoms with Crippen LogP contribution in [0, 0.1) is 0 Å². The largest absolute Gasteiger partial charge is 0.480 e. The predicted molar refractivity (Wildman–Crippen MR) is 60.9 cm³/mol. The predicted octanol–water partition coefficient (Wildman–Crippen LogP) is 0.339. The Balaban J connectivity index is 2.50. The van der Waals surface area contributed by atoms with Gasteiger partial charge in [0.15, 0.2) is 0 Å². The van der Waals surface area contributed by atoms with E-state index in [1.165, 1.54) is 4.57 Å². The average molecular weight is 240 g/mol. The molecule has 6 heteroatoms. The minimum atomic E-state index is -0.982. The highest BCUT2D eigenvalue weighted by molar-refractivity contribution is 5.93. The number of ether oxygens (including phenoxy) is 1. The van der Waals surface area contributed by atoms with Crippen LogP contribution in [0.2, 0.25) is 0 Å². The molecule has 0 aromatic carbocycles. The van der Waals surface area contributed by atoms with Crippen molar-refractivity contribution in [1.29, 1.82) is 0 Å². The minimum absolute atomic E-state index is 0.221. The number of carbonyl (C=O) groups excluding carboxylic acids is 1. The molecule has 1 heterocycles. The number of carboxylic acids is 1. The lowest BCUT2D eigenvalue weighted by Crippen LogP contribution is -2.29. The Bertz CT molecular complexity index is 387. The van der Waals surface area contributed by atoms with Crippen LogP contribution in [-0.4, -0.2) is 41.3 Å². The first-order valence-corrected chi connectivity index (χ1v) is 5.38. The number of rotatable bonds is 7. The second-order valence-electron chi connectivity index (χ2n) is 3.37. The van der Waals surface area contributed by atoms with Gasteiger partial charge in [-0.05, 0) is 19.1 Å². The molecule has 0 aliphatic carbocycles. The molecule has 0 saturated carbocycles. The molecule has 0 bridgehead atoms. The molecule has 0 aliphatic rings. The number of nitrogens with one attached hydrogen (secondary N) is 1. The number of nitrogens with zero attached hydrogens (tertiary/aromatic N) is 1. The lowest BCUT2D eigenvalue weighted by Gasteiger charge is -2.07. The van der Waals surface area contributed by atoms with Gasteiger partial charge in [-0.3, -0.25) is 9.59 Å². The number of hydrogen-bond donors (Lipinski definition) is 2. The molecule has 0 atom stereocenters. The summed E-state index contributed by atoms with van der Waals surface area (Å²) in [5.41, 5.74) is 0.337. The van der Waals surface area contributed by atoms with Crippen LogP contribution in [0.25, 0.3) is 0 Å². The topological polar surface area (TPSA) is 80.6 Å². The van der Waals surface area contributed by atoms with Crippen LogP contribution < -0.4 is 5.32 Å². The molecule has 0 unspecified atom stereocenters. The van der Waals surface area contributed by atoms with Crippen molar-refractivity contribution in [3.05, 3.63) is 24.0 Å². The van der Waals surface area contributed by atoms with Crippen molar-refractivity contribution in [3.8, 4) is 0 Å². The van der Waals surface area contributed by atoms with E-state index in [1.54, 1.807) is 18.3 Å². The van der Waals surface area contributed by atoms with Crippen molar-refractivity contribution in [1.82, 2.24) is 9.88 Å². The maximum atomic E-state index is 11.7.